The SMILES string of the molecule is CCNC(=O)CNC(=O)CN(C)Cc1ccc(OCC)cc1. The Morgan fingerprint density at radius 1 is 1.09 bits per heavy atom. The highest BCUT2D eigenvalue weighted by atomic mass is 16.5. The highest BCUT2D eigenvalue weighted by molar-refractivity contribution is 5.85. The number of nitrogens with zero attached hydrogens (tertiary/aromatic N) is 1. The minimum absolute atomic E-state index is 0.0174. The van der Waals surface area contributed by atoms with Crippen molar-refractivity contribution in [2.24, 2.45) is 0 Å². The Labute approximate surface area is 131 Å². The molecule has 1 rings (SSSR count). The van der Waals surface area contributed by atoms with Crippen molar-refractivity contribution in [1.29, 1.82) is 0 Å². The van der Waals surface area contributed by atoms with Gasteiger partial charge in [0.15, 0.2) is 0 Å². The largest absolute Gasteiger partial charge is 0.494 e. The maximum absolute atomic E-state index is 11.7. The van der Waals surface area contributed by atoms with Gasteiger partial charge in [-0.05, 0) is 38.6 Å². The molecular formula is C16H25N3O3. The molecule has 2 N–H and O–H groups in total. The lowest BCUT2D eigenvalue weighted by molar-refractivity contribution is -0.126. The van der Waals surface area contributed by atoms with Gasteiger partial charge in [-0.25, -0.2) is 0 Å². The monoisotopic (exact) mass is 307 g/mol. The van der Waals surface area contributed by atoms with Crippen LogP contribution in [0.5, 0.6) is 5.75 Å². The summed E-state index contributed by atoms with van der Waals surface area (Å²) in [7, 11) is 1.86. The zero-order valence-electron chi connectivity index (χ0n) is 13.5. The van der Waals surface area contributed by atoms with Gasteiger partial charge in [-0.3, -0.25) is 14.5 Å². The van der Waals surface area contributed by atoms with Gasteiger partial charge in [0, 0.05) is 13.1 Å². The number of benzene rings is 1. The molecule has 1 aromatic carbocycles. The highest BCUT2D eigenvalue weighted by Crippen LogP contribution is 2.13. The average Bonchev–Trinajstić information content (AvgIpc) is 2.48. The summed E-state index contributed by atoms with van der Waals surface area (Å²) < 4.78 is 5.39. The van der Waals surface area contributed by atoms with E-state index in [2.05, 4.69) is 10.6 Å². The number of rotatable bonds is 9. The van der Waals surface area contributed by atoms with Gasteiger partial charge in [0.2, 0.25) is 11.8 Å². The number of hydrogen-bond donors (Lipinski definition) is 2. The van der Waals surface area contributed by atoms with E-state index < -0.39 is 0 Å². The summed E-state index contributed by atoms with van der Waals surface area (Å²) in [5, 5.41) is 5.23. The maximum atomic E-state index is 11.7. The van der Waals surface area contributed by atoms with Crippen LogP contribution in [-0.2, 0) is 16.1 Å². The normalized spacial score (nSPS) is 10.4. The van der Waals surface area contributed by atoms with Crippen molar-refractivity contribution in [2.45, 2.75) is 20.4 Å². The number of nitrogens with one attached hydrogen (secondary N) is 2. The lowest BCUT2D eigenvalue weighted by Gasteiger charge is -2.16. The van der Waals surface area contributed by atoms with Gasteiger partial charge in [-0.2, -0.15) is 0 Å². The molecule has 2 amide bonds. The zero-order chi connectivity index (χ0) is 16.4. The fourth-order valence-corrected chi connectivity index (χ4v) is 1.96. The highest BCUT2D eigenvalue weighted by Gasteiger charge is 2.08. The molecule has 0 bridgehead atoms. The molecule has 0 saturated heterocycles. The summed E-state index contributed by atoms with van der Waals surface area (Å²) >= 11 is 0. The van der Waals surface area contributed by atoms with Crippen molar-refractivity contribution in [2.75, 3.05) is 33.3 Å². The number of carbonyl (C=O) groups is 2. The van der Waals surface area contributed by atoms with Crippen LogP contribution in [0.15, 0.2) is 24.3 Å². The van der Waals surface area contributed by atoms with Gasteiger partial charge in [0.05, 0.1) is 19.7 Å². The molecule has 0 aliphatic heterocycles. The Kier molecular flexibility index (Phi) is 7.99. The molecule has 1 aromatic rings. The summed E-state index contributed by atoms with van der Waals surface area (Å²) in [6.07, 6.45) is 0. The predicted molar refractivity (Wildman–Crippen MR) is 85.6 cm³/mol. The third kappa shape index (κ3) is 7.08. The Morgan fingerprint density at radius 3 is 2.36 bits per heavy atom. The molecule has 0 saturated carbocycles. The first-order chi connectivity index (χ1) is 10.5. The van der Waals surface area contributed by atoms with Gasteiger partial charge in [0.1, 0.15) is 5.75 Å². The van der Waals surface area contributed by atoms with E-state index >= 15 is 0 Å². The molecule has 6 heteroatoms. The first-order valence-electron chi connectivity index (χ1n) is 7.48. The first kappa shape index (κ1) is 18.0. The van der Waals surface area contributed by atoms with E-state index in [1.165, 1.54) is 0 Å². The maximum Gasteiger partial charge on any atom is 0.239 e. The molecule has 0 spiro atoms. The van der Waals surface area contributed by atoms with Crippen LogP contribution >= 0.6 is 0 Å². The summed E-state index contributed by atoms with van der Waals surface area (Å²) in [6.45, 7) is 5.90. The molecule has 122 valence electrons. The first-order valence-corrected chi connectivity index (χ1v) is 7.48. The van der Waals surface area contributed by atoms with Crippen molar-refractivity contribution < 1.29 is 14.3 Å². The summed E-state index contributed by atoms with van der Waals surface area (Å²) in [6, 6.07) is 7.80. The van der Waals surface area contributed by atoms with Gasteiger partial charge in [-0.15, -0.1) is 0 Å². The van der Waals surface area contributed by atoms with Crippen molar-refractivity contribution in [3.05, 3.63) is 29.8 Å². The molecule has 22 heavy (non-hydrogen) atoms. The van der Waals surface area contributed by atoms with E-state index in [0.717, 1.165) is 11.3 Å². The summed E-state index contributed by atoms with van der Waals surface area (Å²) in [5.41, 5.74) is 1.10. The number of ether oxygens (including phenoxy) is 1. The lowest BCUT2D eigenvalue weighted by atomic mass is 10.2. The van der Waals surface area contributed by atoms with Crippen LogP contribution in [0, 0.1) is 0 Å². The Balaban J connectivity index is 2.34. The smallest absolute Gasteiger partial charge is 0.239 e. The molecule has 0 aliphatic carbocycles. The average molecular weight is 307 g/mol. The number of likely N-dealkylation sites (N-methyl/N-ethyl adjacent to an activating group) is 2. The molecule has 0 aromatic heterocycles. The van der Waals surface area contributed by atoms with Crippen LogP contribution in [0.2, 0.25) is 0 Å². The van der Waals surface area contributed by atoms with Crippen LogP contribution in [0.4, 0.5) is 0 Å². The van der Waals surface area contributed by atoms with E-state index in [0.29, 0.717) is 19.7 Å². The van der Waals surface area contributed by atoms with Crippen molar-refractivity contribution in [1.82, 2.24) is 15.5 Å². The Hall–Kier alpha value is -2.08. The minimum atomic E-state index is -0.176. The van der Waals surface area contributed by atoms with Crippen LogP contribution in [0.3, 0.4) is 0 Å². The van der Waals surface area contributed by atoms with E-state index in [-0.39, 0.29) is 24.9 Å². The van der Waals surface area contributed by atoms with E-state index in [1.54, 1.807) is 0 Å². The predicted octanol–water partition coefficient (Wildman–Crippen LogP) is 0.769. The zero-order valence-corrected chi connectivity index (χ0v) is 13.5. The second-order valence-electron chi connectivity index (χ2n) is 4.98. The second kappa shape index (κ2) is 9.78. The molecule has 0 heterocycles. The van der Waals surface area contributed by atoms with Crippen LogP contribution in [0.25, 0.3) is 0 Å². The molecular weight excluding hydrogens is 282 g/mol. The van der Waals surface area contributed by atoms with Crippen molar-refractivity contribution >= 4 is 11.8 Å². The molecule has 0 aliphatic rings. The number of amides is 2. The summed E-state index contributed by atoms with van der Waals surface area (Å²) in [5.74, 6) is 0.498. The number of hydrogen-bond acceptors (Lipinski definition) is 4. The van der Waals surface area contributed by atoms with Crippen LogP contribution in [-0.4, -0.2) is 50.0 Å². The standard InChI is InChI=1S/C16H25N3O3/c1-4-17-15(20)10-18-16(21)12-19(3)11-13-6-8-14(9-7-13)22-5-2/h6-9H,4-5,10-12H2,1-3H3,(H,17,20)(H,18,21). The fraction of sp³-hybridized carbons (Fsp3) is 0.500. The van der Waals surface area contributed by atoms with Gasteiger partial charge in [0.25, 0.3) is 0 Å². The second-order valence-corrected chi connectivity index (χ2v) is 4.98. The van der Waals surface area contributed by atoms with E-state index in [4.69, 9.17) is 4.74 Å². The minimum Gasteiger partial charge on any atom is -0.494 e. The third-order valence-electron chi connectivity index (χ3n) is 2.92. The molecule has 0 atom stereocenters. The quantitative estimate of drug-likeness (QED) is 0.707. The third-order valence-corrected chi connectivity index (χ3v) is 2.92. The van der Waals surface area contributed by atoms with Crippen molar-refractivity contribution in [3.63, 3.8) is 0 Å². The molecule has 0 radical (unpaired) electrons. The van der Waals surface area contributed by atoms with E-state index in [1.807, 2.05) is 50.1 Å². The number of carbonyl (C=O) groups excluding carboxylic acids is 2. The van der Waals surface area contributed by atoms with Gasteiger partial charge < -0.3 is 15.4 Å². The molecule has 0 fully saturated rings. The molecule has 6 nitrogen and oxygen atoms in total. The van der Waals surface area contributed by atoms with Gasteiger partial charge >= 0.3 is 0 Å². The van der Waals surface area contributed by atoms with Gasteiger partial charge in [-0.1, -0.05) is 12.1 Å². The van der Waals surface area contributed by atoms with Crippen LogP contribution < -0.4 is 15.4 Å². The summed E-state index contributed by atoms with van der Waals surface area (Å²) in [4.78, 5) is 24.9. The lowest BCUT2D eigenvalue weighted by Crippen LogP contribution is -2.41. The Bertz CT molecular complexity index is 474. The topological polar surface area (TPSA) is 70.7 Å². The van der Waals surface area contributed by atoms with E-state index in [9.17, 15) is 9.59 Å². The Morgan fingerprint density at radius 2 is 1.77 bits per heavy atom. The fourth-order valence-electron chi connectivity index (χ4n) is 1.96. The van der Waals surface area contributed by atoms with Crippen LogP contribution in [0.1, 0.15) is 19.4 Å². The van der Waals surface area contributed by atoms with Crippen molar-refractivity contribution in [3.8, 4) is 5.75 Å². The molecule has 0 unspecified atom stereocenters.